The van der Waals surface area contributed by atoms with Gasteiger partial charge in [-0.25, -0.2) is 18.4 Å². The van der Waals surface area contributed by atoms with Crippen LogP contribution in [0.2, 0.25) is 0 Å². The van der Waals surface area contributed by atoms with E-state index in [4.69, 9.17) is 18.0 Å². The van der Waals surface area contributed by atoms with Crippen LogP contribution in [0.3, 0.4) is 0 Å². The first kappa shape index (κ1) is 9.78. The lowest BCUT2D eigenvalue weighted by Gasteiger charge is -2.05. The van der Waals surface area contributed by atoms with E-state index in [0.717, 1.165) is 16.7 Å². The van der Waals surface area contributed by atoms with Gasteiger partial charge in [0.1, 0.15) is 17.3 Å². The zero-order chi connectivity index (χ0) is 11.0. The van der Waals surface area contributed by atoms with Gasteiger partial charge < -0.3 is 5.73 Å². The SMILES string of the molecule is Nc1n[nH]c(=S)n1-c1c(F)cccc1F. The topological polar surface area (TPSA) is 59.6 Å². The molecule has 0 fully saturated rings. The Morgan fingerprint density at radius 3 is 2.40 bits per heavy atom. The maximum atomic E-state index is 13.4. The summed E-state index contributed by atoms with van der Waals surface area (Å²) in [6, 6.07) is 3.49. The summed E-state index contributed by atoms with van der Waals surface area (Å²) in [6.45, 7) is 0. The Morgan fingerprint density at radius 2 is 1.93 bits per heavy atom. The fourth-order valence-corrected chi connectivity index (χ4v) is 1.46. The van der Waals surface area contributed by atoms with Crippen molar-refractivity contribution < 1.29 is 8.78 Å². The molecule has 0 aliphatic carbocycles. The highest BCUT2D eigenvalue weighted by Gasteiger charge is 2.14. The summed E-state index contributed by atoms with van der Waals surface area (Å²) in [4.78, 5) is 0. The van der Waals surface area contributed by atoms with E-state index < -0.39 is 11.6 Å². The summed E-state index contributed by atoms with van der Waals surface area (Å²) in [5.41, 5.74) is 5.11. The number of hydrogen-bond acceptors (Lipinski definition) is 3. The number of benzene rings is 1. The van der Waals surface area contributed by atoms with Gasteiger partial charge in [-0.15, -0.1) is 5.10 Å². The standard InChI is InChI=1S/C8H6F2N4S/c9-4-2-1-3-5(10)6(4)14-7(11)12-13-8(14)15/h1-3H,(H2,11,12)(H,13,15). The maximum absolute atomic E-state index is 13.4. The van der Waals surface area contributed by atoms with Gasteiger partial charge in [-0.2, -0.15) is 0 Å². The number of para-hydroxylation sites is 1. The van der Waals surface area contributed by atoms with Crippen LogP contribution in [0.1, 0.15) is 0 Å². The number of rotatable bonds is 1. The van der Waals surface area contributed by atoms with Gasteiger partial charge in [0, 0.05) is 0 Å². The summed E-state index contributed by atoms with van der Waals surface area (Å²) in [7, 11) is 0. The molecule has 3 N–H and O–H groups in total. The molecule has 0 radical (unpaired) electrons. The van der Waals surface area contributed by atoms with Gasteiger partial charge in [0.25, 0.3) is 0 Å². The molecule has 0 amide bonds. The van der Waals surface area contributed by atoms with Crippen LogP contribution in [0, 0.1) is 16.4 Å². The number of aromatic amines is 1. The van der Waals surface area contributed by atoms with Crippen molar-refractivity contribution in [1.29, 1.82) is 0 Å². The predicted octanol–water partition coefficient (Wildman–Crippen LogP) is 1.79. The number of nitrogens with zero attached hydrogens (tertiary/aromatic N) is 2. The number of anilines is 1. The molecule has 78 valence electrons. The Balaban J connectivity index is 2.80. The Morgan fingerprint density at radius 1 is 1.33 bits per heavy atom. The molecule has 0 spiro atoms. The van der Waals surface area contributed by atoms with Crippen LogP contribution in [-0.2, 0) is 0 Å². The highest BCUT2D eigenvalue weighted by molar-refractivity contribution is 7.71. The average Bonchev–Trinajstić information content (AvgIpc) is 2.49. The molecule has 15 heavy (non-hydrogen) atoms. The van der Waals surface area contributed by atoms with Gasteiger partial charge in [-0.1, -0.05) is 6.07 Å². The lowest BCUT2D eigenvalue weighted by molar-refractivity contribution is 0.569. The molecule has 0 bridgehead atoms. The summed E-state index contributed by atoms with van der Waals surface area (Å²) in [5, 5.41) is 5.91. The first-order valence-corrected chi connectivity index (χ1v) is 4.39. The molecule has 1 aromatic heterocycles. The molecule has 0 unspecified atom stereocenters. The highest BCUT2D eigenvalue weighted by Crippen LogP contribution is 2.19. The molecule has 2 rings (SSSR count). The van der Waals surface area contributed by atoms with Crippen molar-refractivity contribution in [2.45, 2.75) is 0 Å². The van der Waals surface area contributed by atoms with Gasteiger partial charge in [-0.3, -0.25) is 0 Å². The van der Waals surface area contributed by atoms with Crippen molar-refractivity contribution in [3.05, 3.63) is 34.6 Å². The lowest BCUT2D eigenvalue weighted by atomic mass is 10.3. The Labute approximate surface area is 88.3 Å². The molecule has 2 aromatic rings. The van der Waals surface area contributed by atoms with Gasteiger partial charge in [0.15, 0.2) is 0 Å². The molecule has 4 nitrogen and oxygen atoms in total. The molecule has 1 aromatic carbocycles. The van der Waals surface area contributed by atoms with E-state index in [2.05, 4.69) is 10.2 Å². The van der Waals surface area contributed by atoms with Crippen LogP contribution >= 0.6 is 12.2 Å². The van der Waals surface area contributed by atoms with Crippen LogP contribution in [0.15, 0.2) is 18.2 Å². The van der Waals surface area contributed by atoms with Crippen molar-refractivity contribution in [2.75, 3.05) is 5.73 Å². The second-order valence-electron chi connectivity index (χ2n) is 2.79. The van der Waals surface area contributed by atoms with Gasteiger partial charge in [0.2, 0.25) is 10.7 Å². The van der Waals surface area contributed by atoms with E-state index in [1.54, 1.807) is 0 Å². The Bertz CT molecular complexity index is 540. The van der Waals surface area contributed by atoms with E-state index in [1.165, 1.54) is 6.07 Å². The predicted molar refractivity (Wildman–Crippen MR) is 53.1 cm³/mol. The van der Waals surface area contributed by atoms with Crippen LogP contribution in [0.4, 0.5) is 14.7 Å². The van der Waals surface area contributed by atoms with Crippen molar-refractivity contribution in [1.82, 2.24) is 14.8 Å². The molecule has 0 saturated carbocycles. The quantitative estimate of drug-likeness (QED) is 0.731. The minimum absolute atomic E-state index is 0.0384. The smallest absolute Gasteiger partial charge is 0.225 e. The van der Waals surface area contributed by atoms with Crippen molar-refractivity contribution in [2.24, 2.45) is 0 Å². The number of aromatic nitrogens is 3. The maximum Gasteiger partial charge on any atom is 0.225 e. The zero-order valence-electron chi connectivity index (χ0n) is 7.37. The van der Waals surface area contributed by atoms with Gasteiger partial charge >= 0.3 is 0 Å². The minimum Gasteiger partial charge on any atom is -0.368 e. The fraction of sp³-hybridized carbons (Fsp3) is 0. The van der Waals surface area contributed by atoms with E-state index in [0.29, 0.717) is 0 Å². The monoisotopic (exact) mass is 228 g/mol. The van der Waals surface area contributed by atoms with E-state index in [-0.39, 0.29) is 16.4 Å². The van der Waals surface area contributed by atoms with Crippen LogP contribution in [0.5, 0.6) is 0 Å². The summed E-state index contributed by atoms with van der Waals surface area (Å²) >= 11 is 4.81. The lowest BCUT2D eigenvalue weighted by Crippen LogP contribution is -2.05. The van der Waals surface area contributed by atoms with Crippen molar-refractivity contribution in [3.8, 4) is 5.69 Å². The number of nitrogens with two attached hydrogens (primary N) is 1. The Kier molecular flexibility index (Phi) is 2.24. The van der Waals surface area contributed by atoms with Crippen LogP contribution in [0.25, 0.3) is 5.69 Å². The first-order valence-electron chi connectivity index (χ1n) is 3.98. The molecular weight excluding hydrogens is 222 g/mol. The normalized spacial score (nSPS) is 10.5. The third-order valence-corrected chi connectivity index (χ3v) is 2.13. The molecule has 0 aliphatic heterocycles. The largest absolute Gasteiger partial charge is 0.368 e. The highest BCUT2D eigenvalue weighted by atomic mass is 32.1. The number of nitrogens with one attached hydrogen (secondary N) is 1. The molecule has 1 heterocycles. The summed E-state index contributed by atoms with van der Waals surface area (Å²) in [5.74, 6) is -1.59. The molecular formula is C8H6F2N4S. The Hall–Kier alpha value is -1.76. The molecule has 7 heteroatoms. The average molecular weight is 228 g/mol. The van der Waals surface area contributed by atoms with Gasteiger partial charge in [0.05, 0.1) is 0 Å². The first-order chi connectivity index (χ1) is 7.11. The summed E-state index contributed by atoms with van der Waals surface area (Å²) < 4.78 is 27.8. The summed E-state index contributed by atoms with van der Waals surface area (Å²) in [6.07, 6.45) is 0. The number of H-pyrrole nitrogens is 1. The van der Waals surface area contributed by atoms with Crippen LogP contribution < -0.4 is 5.73 Å². The van der Waals surface area contributed by atoms with Crippen molar-refractivity contribution in [3.63, 3.8) is 0 Å². The number of hydrogen-bond donors (Lipinski definition) is 2. The number of nitrogen functional groups attached to an aromatic ring is 1. The molecule has 0 atom stereocenters. The molecule has 0 aliphatic rings. The molecule has 0 saturated heterocycles. The second-order valence-corrected chi connectivity index (χ2v) is 3.18. The minimum atomic E-state index is -0.751. The third kappa shape index (κ3) is 1.50. The second kappa shape index (κ2) is 3.43. The van der Waals surface area contributed by atoms with E-state index in [1.807, 2.05) is 0 Å². The van der Waals surface area contributed by atoms with Crippen molar-refractivity contribution >= 4 is 18.2 Å². The number of halogens is 2. The fourth-order valence-electron chi connectivity index (χ4n) is 1.23. The van der Waals surface area contributed by atoms with E-state index >= 15 is 0 Å². The van der Waals surface area contributed by atoms with Gasteiger partial charge in [-0.05, 0) is 24.4 Å². The van der Waals surface area contributed by atoms with Crippen LogP contribution in [-0.4, -0.2) is 14.8 Å². The third-order valence-electron chi connectivity index (χ3n) is 1.86. The van der Waals surface area contributed by atoms with E-state index in [9.17, 15) is 8.78 Å². The zero-order valence-corrected chi connectivity index (χ0v) is 8.18.